The Morgan fingerprint density at radius 2 is 1.81 bits per heavy atom. The summed E-state index contributed by atoms with van der Waals surface area (Å²) in [5.74, 6) is -0.334. The largest absolute Gasteiger partial charge is 0.354 e. The van der Waals surface area contributed by atoms with E-state index in [9.17, 15) is 14.4 Å². The Bertz CT molecular complexity index is 828. The average molecular weight is 447 g/mol. The maximum absolute atomic E-state index is 13.0. The number of aromatic nitrogens is 2. The highest BCUT2D eigenvalue weighted by molar-refractivity contribution is 6.01. The summed E-state index contributed by atoms with van der Waals surface area (Å²) in [5, 5.41) is 10.2. The predicted octanol–water partition coefficient (Wildman–Crippen LogP) is 1.50. The van der Waals surface area contributed by atoms with E-state index >= 15 is 0 Å². The molecular formula is C23H38N6O3. The number of nitrogens with one attached hydrogen (secondary N) is 2. The van der Waals surface area contributed by atoms with Gasteiger partial charge in [-0.05, 0) is 45.2 Å². The fraction of sp³-hybridized carbons (Fsp3) is 0.739. The number of amides is 3. The second kappa shape index (κ2) is 10.5. The minimum absolute atomic E-state index is 0.207. The highest BCUT2D eigenvalue weighted by Crippen LogP contribution is 2.26. The SMILES string of the molecule is CC(C)CCNC(=O)C1(C)Cn2nc(C(=O)NCCN3CCCCCC3)cc2C(=O)N1C. The zero-order chi connectivity index (χ0) is 23.3. The molecule has 2 aliphatic rings. The topological polar surface area (TPSA) is 99.6 Å². The van der Waals surface area contributed by atoms with Crippen LogP contribution in [0.1, 0.15) is 73.9 Å². The van der Waals surface area contributed by atoms with Gasteiger partial charge in [0.25, 0.3) is 11.8 Å². The zero-order valence-electron chi connectivity index (χ0n) is 19.9. The van der Waals surface area contributed by atoms with Gasteiger partial charge in [0.15, 0.2) is 5.69 Å². The van der Waals surface area contributed by atoms with Crippen LogP contribution in [0, 0.1) is 5.92 Å². The van der Waals surface area contributed by atoms with Crippen LogP contribution in [0.3, 0.4) is 0 Å². The number of nitrogens with zero attached hydrogens (tertiary/aromatic N) is 4. The first kappa shape index (κ1) is 24.2. The minimum Gasteiger partial charge on any atom is -0.354 e. The van der Waals surface area contributed by atoms with E-state index in [0.717, 1.165) is 26.1 Å². The molecule has 3 amide bonds. The molecule has 9 heteroatoms. The second-order valence-corrected chi connectivity index (χ2v) is 9.66. The summed E-state index contributed by atoms with van der Waals surface area (Å²) in [6.45, 7) is 10.2. The van der Waals surface area contributed by atoms with Crippen LogP contribution in [0.15, 0.2) is 6.07 Å². The summed E-state index contributed by atoms with van der Waals surface area (Å²) in [7, 11) is 1.63. The third-order valence-corrected chi connectivity index (χ3v) is 6.64. The lowest BCUT2D eigenvalue weighted by Gasteiger charge is -2.40. The summed E-state index contributed by atoms with van der Waals surface area (Å²) in [4.78, 5) is 42.3. The lowest BCUT2D eigenvalue weighted by atomic mass is 9.95. The van der Waals surface area contributed by atoms with Crippen molar-refractivity contribution in [3.8, 4) is 0 Å². The molecule has 0 aromatic carbocycles. The van der Waals surface area contributed by atoms with Crippen LogP contribution in [-0.4, -0.2) is 82.6 Å². The van der Waals surface area contributed by atoms with E-state index in [-0.39, 0.29) is 30.0 Å². The minimum atomic E-state index is -1.06. The van der Waals surface area contributed by atoms with Crippen molar-refractivity contribution >= 4 is 17.7 Å². The van der Waals surface area contributed by atoms with Crippen molar-refractivity contribution in [3.63, 3.8) is 0 Å². The molecule has 1 atom stereocenters. The number of hydrogen-bond acceptors (Lipinski definition) is 5. The monoisotopic (exact) mass is 446 g/mol. The van der Waals surface area contributed by atoms with Gasteiger partial charge in [0, 0.05) is 32.7 Å². The van der Waals surface area contributed by atoms with Crippen LogP contribution in [0.25, 0.3) is 0 Å². The molecule has 0 saturated carbocycles. The molecule has 9 nitrogen and oxygen atoms in total. The van der Waals surface area contributed by atoms with Gasteiger partial charge < -0.3 is 20.4 Å². The van der Waals surface area contributed by atoms with Crippen molar-refractivity contribution in [3.05, 3.63) is 17.5 Å². The van der Waals surface area contributed by atoms with Crippen molar-refractivity contribution < 1.29 is 14.4 Å². The Hall–Kier alpha value is -2.42. The molecule has 2 aliphatic heterocycles. The molecule has 0 spiro atoms. The quantitative estimate of drug-likeness (QED) is 0.630. The molecule has 1 unspecified atom stereocenters. The Morgan fingerprint density at radius 1 is 1.12 bits per heavy atom. The van der Waals surface area contributed by atoms with Crippen LogP contribution in [-0.2, 0) is 11.3 Å². The fourth-order valence-corrected chi connectivity index (χ4v) is 4.28. The Kier molecular flexibility index (Phi) is 7.92. The van der Waals surface area contributed by atoms with E-state index in [0.29, 0.717) is 24.7 Å². The highest BCUT2D eigenvalue weighted by atomic mass is 16.2. The van der Waals surface area contributed by atoms with Gasteiger partial charge in [-0.15, -0.1) is 0 Å². The second-order valence-electron chi connectivity index (χ2n) is 9.66. The summed E-state index contributed by atoms with van der Waals surface area (Å²) in [6.07, 6.45) is 5.84. The molecule has 3 rings (SSSR count). The van der Waals surface area contributed by atoms with Gasteiger partial charge in [0.1, 0.15) is 11.2 Å². The number of likely N-dealkylation sites (tertiary alicyclic amines) is 1. The smallest absolute Gasteiger partial charge is 0.272 e. The summed E-state index contributed by atoms with van der Waals surface area (Å²) >= 11 is 0. The molecule has 3 heterocycles. The maximum Gasteiger partial charge on any atom is 0.272 e. The van der Waals surface area contributed by atoms with E-state index < -0.39 is 5.54 Å². The first-order valence-corrected chi connectivity index (χ1v) is 11.9. The van der Waals surface area contributed by atoms with Gasteiger partial charge in [-0.25, -0.2) is 0 Å². The van der Waals surface area contributed by atoms with Crippen LogP contribution in [0.2, 0.25) is 0 Å². The summed E-state index contributed by atoms with van der Waals surface area (Å²) in [6, 6.07) is 1.52. The average Bonchev–Trinajstić information content (AvgIpc) is 2.99. The van der Waals surface area contributed by atoms with Gasteiger partial charge in [-0.1, -0.05) is 26.7 Å². The molecule has 2 N–H and O–H groups in total. The Morgan fingerprint density at radius 3 is 2.47 bits per heavy atom. The first-order chi connectivity index (χ1) is 15.2. The molecule has 178 valence electrons. The van der Waals surface area contributed by atoms with Gasteiger partial charge >= 0.3 is 0 Å². The van der Waals surface area contributed by atoms with E-state index in [1.807, 2.05) is 0 Å². The number of carbonyl (C=O) groups excluding carboxylic acids is 3. The van der Waals surface area contributed by atoms with Gasteiger partial charge in [-0.2, -0.15) is 5.10 Å². The third-order valence-electron chi connectivity index (χ3n) is 6.64. The van der Waals surface area contributed by atoms with E-state index in [1.165, 1.54) is 41.3 Å². The number of carbonyl (C=O) groups is 3. The molecule has 1 fully saturated rings. The molecule has 1 aromatic rings. The van der Waals surface area contributed by atoms with Crippen molar-refractivity contribution in [2.24, 2.45) is 5.92 Å². The molecule has 1 saturated heterocycles. The maximum atomic E-state index is 13.0. The highest BCUT2D eigenvalue weighted by Gasteiger charge is 2.46. The van der Waals surface area contributed by atoms with Crippen LogP contribution in [0.5, 0.6) is 0 Å². The Labute approximate surface area is 190 Å². The summed E-state index contributed by atoms with van der Waals surface area (Å²) in [5.41, 5.74) is -0.521. The van der Waals surface area contributed by atoms with E-state index in [1.54, 1.807) is 14.0 Å². The molecule has 32 heavy (non-hydrogen) atoms. The van der Waals surface area contributed by atoms with E-state index in [2.05, 4.69) is 34.5 Å². The number of fused-ring (bicyclic) bond motifs is 1. The normalized spacial score (nSPS) is 21.9. The van der Waals surface area contributed by atoms with Crippen molar-refractivity contribution in [2.75, 3.05) is 39.8 Å². The van der Waals surface area contributed by atoms with Crippen LogP contribution < -0.4 is 10.6 Å². The standard InChI is InChI=1S/C23H38N6O3/c1-17(2)9-10-25-22(32)23(3)16-29-19(21(31)27(23)4)15-18(26-29)20(30)24-11-14-28-12-7-5-6-8-13-28/h15,17H,5-14,16H2,1-4H3,(H,24,30)(H,25,32). The lowest BCUT2D eigenvalue weighted by Crippen LogP contribution is -2.62. The fourth-order valence-electron chi connectivity index (χ4n) is 4.28. The molecular weight excluding hydrogens is 408 g/mol. The van der Waals surface area contributed by atoms with Crippen molar-refractivity contribution in [2.45, 2.75) is 65.0 Å². The van der Waals surface area contributed by atoms with Crippen LogP contribution >= 0.6 is 0 Å². The molecule has 0 radical (unpaired) electrons. The molecule has 1 aromatic heterocycles. The number of likely N-dealkylation sites (N-methyl/N-ethyl adjacent to an activating group) is 1. The predicted molar refractivity (Wildman–Crippen MR) is 122 cm³/mol. The number of hydrogen-bond donors (Lipinski definition) is 2. The van der Waals surface area contributed by atoms with Gasteiger partial charge in [0.2, 0.25) is 5.91 Å². The molecule has 0 aliphatic carbocycles. The van der Waals surface area contributed by atoms with Gasteiger partial charge in [0.05, 0.1) is 6.54 Å². The van der Waals surface area contributed by atoms with Crippen LogP contribution in [0.4, 0.5) is 0 Å². The van der Waals surface area contributed by atoms with Crippen molar-refractivity contribution in [1.29, 1.82) is 0 Å². The summed E-state index contributed by atoms with van der Waals surface area (Å²) < 4.78 is 1.49. The first-order valence-electron chi connectivity index (χ1n) is 11.9. The lowest BCUT2D eigenvalue weighted by molar-refractivity contribution is -0.132. The third kappa shape index (κ3) is 5.49. The molecule has 0 bridgehead atoms. The zero-order valence-corrected chi connectivity index (χ0v) is 19.9. The van der Waals surface area contributed by atoms with Gasteiger partial charge in [-0.3, -0.25) is 19.1 Å². The number of rotatable bonds is 8. The Balaban J connectivity index is 1.62. The van der Waals surface area contributed by atoms with E-state index in [4.69, 9.17) is 0 Å². The van der Waals surface area contributed by atoms with Crippen molar-refractivity contribution in [1.82, 2.24) is 30.2 Å².